The normalized spacial score (nSPS) is 42.2. The van der Waals surface area contributed by atoms with Crippen molar-refractivity contribution >= 4 is 0 Å². The monoisotopic (exact) mass is 172 g/mol. The van der Waals surface area contributed by atoms with Crippen molar-refractivity contribution in [2.45, 2.75) is 38.4 Å². The summed E-state index contributed by atoms with van der Waals surface area (Å²) in [6, 6.07) is 0. The van der Waals surface area contributed by atoms with Crippen LogP contribution in [0.5, 0.6) is 0 Å². The SMILES string of the molecule is OOC1OCCC2CCCCC21. The Morgan fingerprint density at radius 3 is 2.83 bits per heavy atom. The molecule has 1 aliphatic heterocycles. The van der Waals surface area contributed by atoms with Crippen molar-refractivity contribution in [2.24, 2.45) is 11.8 Å². The lowest BCUT2D eigenvalue weighted by Gasteiger charge is -2.39. The second-order valence-corrected chi connectivity index (χ2v) is 3.84. The average molecular weight is 172 g/mol. The summed E-state index contributed by atoms with van der Waals surface area (Å²) in [6.07, 6.45) is 5.82. The van der Waals surface area contributed by atoms with Gasteiger partial charge in [0.15, 0.2) is 6.29 Å². The first-order valence-electron chi connectivity index (χ1n) is 4.83. The third-order valence-electron chi connectivity index (χ3n) is 3.19. The second-order valence-electron chi connectivity index (χ2n) is 3.84. The van der Waals surface area contributed by atoms with E-state index in [0.717, 1.165) is 25.4 Å². The Labute approximate surface area is 72.6 Å². The summed E-state index contributed by atoms with van der Waals surface area (Å²) in [4.78, 5) is 4.34. The van der Waals surface area contributed by atoms with Crippen LogP contribution in [0, 0.1) is 11.8 Å². The number of hydrogen-bond acceptors (Lipinski definition) is 3. The minimum atomic E-state index is -0.343. The van der Waals surface area contributed by atoms with Crippen LogP contribution in [0.3, 0.4) is 0 Å². The molecule has 0 amide bonds. The lowest BCUT2D eigenvalue weighted by atomic mass is 9.76. The third-order valence-corrected chi connectivity index (χ3v) is 3.19. The lowest BCUT2D eigenvalue weighted by molar-refractivity contribution is -0.375. The first-order valence-corrected chi connectivity index (χ1v) is 4.83. The smallest absolute Gasteiger partial charge is 0.193 e. The van der Waals surface area contributed by atoms with Gasteiger partial charge < -0.3 is 4.74 Å². The molecule has 0 radical (unpaired) electrons. The maximum atomic E-state index is 8.60. The van der Waals surface area contributed by atoms with Gasteiger partial charge in [0, 0.05) is 5.92 Å². The standard InChI is InChI=1S/C9H16O3/c10-12-9-8-4-2-1-3-7(8)5-6-11-9/h7-10H,1-6H2. The van der Waals surface area contributed by atoms with E-state index in [0.29, 0.717) is 5.92 Å². The van der Waals surface area contributed by atoms with Crippen molar-refractivity contribution < 1.29 is 14.9 Å². The van der Waals surface area contributed by atoms with Crippen LogP contribution >= 0.6 is 0 Å². The molecule has 70 valence electrons. The van der Waals surface area contributed by atoms with Gasteiger partial charge in [0.2, 0.25) is 0 Å². The van der Waals surface area contributed by atoms with Gasteiger partial charge in [-0.05, 0) is 25.2 Å². The Morgan fingerprint density at radius 2 is 2.00 bits per heavy atom. The molecule has 3 heteroatoms. The Bertz CT molecular complexity index is 140. The highest BCUT2D eigenvalue weighted by Crippen LogP contribution is 2.38. The van der Waals surface area contributed by atoms with E-state index in [1.54, 1.807) is 0 Å². The predicted octanol–water partition coefficient (Wildman–Crippen LogP) is 2.03. The van der Waals surface area contributed by atoms with E-state index in [-0.39, 0.29) is 6.29 Å². The maximum Gasteiger partial charge on any atom is 0.193 e. The zero-order chi connectivity index (χ0) is 8.39. The molecule has 3 nitrogen and oxygen atoms in total. The van der Waals surface area contributed by atoms with Gasteiger partial charge in [-0.3, -0.25) is 0 Å². The molecule has 0 spiro atoms. The quantitative estimate of drug-likeness (QED) is 0.486. The molecule has 0 bridgehead atoms. The van der Waals surface area contributed by atoms with Crippen LogP contribution in [0.1, 0.15) is 32.1 Å². The molecule has 0 aromatic heterocycles. The molecule has 1 heterocycles. The number of fused-ring (bicyclic) bond motifs is 1. The first-order chi connectivity index (χ1) is 5.92. The number of ether oxygens (including phenoxy) is 1. The molecular formula is C9H16O3. The maximum absolute atomic E-state index is 8.60. The van der Waals surface area contributed by atoms with Crippen LogP contribution in [-0.4, -0.2) is 18.2 Å². The summed E-state index contributed by atoms with van der Waals surface area (Å²) in [5.41, 5.74) is 0. The predicted molar refractivity (Wildman–Crippen MR) is 43.5 cm³/mol. The summed E-state index contributed by atoms with van der Waals surface area (Å²) in [6.45, 7) is 0.742. The molecule has 2 fully saturated rings. The Hall–Kier alpha value is -0.120. The molecule has 2 aliphatic rings. The zero-order valence-corrected chi connectivity index (χ0v) is 7.24. The largest absolute Gasteiger partial charge is 0.349 e. The highest BCUT2D eigenvalue weighted by molar-refractivity contribution is 4.80. The molecule has 1 saturated carbocycles. The van der Waals surface area contributed by atoms with E-state index in [1.807, 2.05) is 0 Å². The van der Waals surface area contributed by atoms with Crippen LogP contribution in [0.25, 0.3) is 0 Å². The van der Waals surface area contributed by atoms with Gasteiger partial charge in [-0.25, -0.2) is 10.1 Å². The van der Waals surface area contributed by atoms with Crippen LogP contribution < -0.4 is 0 Å². The number of rotatable bonds is 1. The van der Waals surface area contributed by atoms with E-state index in [9.17, 15) is 0 Å². The van der Waals surface area contributed by atoms with Crippen molar-refractivity contribution in [3.8, 4) is 0 Å². The fraction of sp³-hybridized carbons (Fsp3) is 1.00. The Morgan fingerprint density at radius 1 is 1.17 bits per heavy atom. The van der Waals surface area contributed by atoms with Crippen LogP contribution in [0.15, 0.2) is 0 Å². The summed E-state index contributed by atoms with van der Waals surface area (Å²) < 4.78 is 5.32. The first kappa shape index (κ1) is 8.48. The van der Waals surface area contributed by atoms with Gasteiger partial charge in [0.05, 0.1) is 6.61 Å². The molecule has 1 aliphatic carbocycles. The second kappa shape index (κ2) is 3.73. The van der Waals surface area contributed by atoms with Crippen LogP contribution in [-0.2, 0) is 9.62 Å². The molecule has 1 saturated heterocycles. The van der Waals surface area contributed by atoms with Gasteiger partial charge in [0.25, 0.3) is 0 Å². The van der Waals surface area contributed by atoms with Crippen LogP contribution in [0.2, 0.25) is 0 Å². The van der Waals surface area contributed by atoms with E-state index < -0.39 is 0 Å². The highest BCUT2D eigenvalue weighted by atomic mass is 17.1. The van der Waals surface area contributed by atoms with Crippen molar-refractivity contribution in [1.29, 1.82) is 0 Å². The van der Waals surface area contributed by atoms with Crippen molar-refractivity contribution in [3.05, 3.63) is 0 Å². The highest BCUT2D eigenvalue weighted by Gasteiger charge is 2.36. The van der Waals surface area contributed by atoms with E-state index >= 15 is 0 Å². The molecule has 3 unspecified atom stereocenters. The summed E-state index contributed by atoms with van der Waals surface area (Å²) >= 11 is 0. The summed E-state index contributed by atoms with van der Waals surface area (Å²) in [5, 5.41) is 8.60. The molecule has 1 N–H and O–H groups in total. The Kier molecular flexibility index (Phi) is 2.63. The van der Waals surface area contributed by atoms with Crippen molar-refractivity contribution in [1.82, 2.24) is 0 Å². The van der Waals surface area contributed by atoms with Gasteiger partial charge in [0.1, 0.15) is 0 Å². The molecule has 3 atom stereocenters. The fourth-order valence-electron chi connectivity index (χ4n) is 2.52. The summed E-state index contributed by atoms with van der Waals surface area (Å²) in [5.74, 6) is 1.17. The van der Waals surface area contributed by atoms with Crippen molar-refractivity contribution in [3.63, 3.8) is 0 Å². The van der Waals surface area contributed by atoms with Crippen LogP contribution in [0.4, 0.5) is 0 Å². The van der Waals surface area contributed by atoms with E-state index in [2.05, 4.69) is 4.89 Å². The average Bonchev–Trinajstić information content (AvgIpc) is 2.17. The molecule has 0 aromatic carbocycles. The molecule has 0 aromatic rings. The topological polar surface area (TPSA) is 38.7 Å². The van der Waals surface area contributed by atoms with Gasteiger partial charge in [-0.1, -0.05) is 12.8 Å². The minimum absolute atomic E-state index is 0.343. The fourth-order valence-corrected chi connectivity index (χ4v) is 2.52. The Balaban J connectivity index is 1.99. The molecule has 2 rings (SSSR count). The molecular weight excluding hydrogens is 156 g/mol. The third kappa shape index (κ3) is 1.49. The lowest BCUT2D eigenvalue weighted by Crippen LogP contribution is -2.39. The van der Waals surface area contributed by atoms with Gasteiger partial charge >= 0.3 is 0 Å². The number of hydrogen-bond donors (Lipinski definition) is 1. The molecule has 12 heavy (non-hydrogen) atoms. The van der Waals surface area contributed by atoms with Gasteiger partial charge in [-0.15, -0.1) is 0 Å². The zero-order valence-electron chi connectivity index (χ0n) is 7.24. The van der Waals surface area contributed by atoms with E-state index in [1.165, 1.54) is 19.3 Å². The minimum Gasteiger partial charge on any atom is -0.349 e. The van der Waals surface area contributed by atoms with Gasteiger partial charge in [-0.2, -0.15) is 0 Å². The van der Waals surface area contributed by atoms with Crippen molar-refractivity contribution in [2.75, 3.05) is 6.61 Å². The van der Waals surface area contributed by atoms with E-state index in [4.69, 9.17) is 9.99 Å². The summed E-state index contributed by atoms with van der Waals surface area (Å²) in [7, 11) is 0.